The average Bonchev–Trinajstić information content (AvgIpc) is 3.74. The Morgan fingerprint density at radius 2 is 0.692 bits per heavy atom. The maximum Gasteiger partial charge on any atom is 0.135 e. The summed E-state index contributed by atoms with van der Waals surface area (Å²) < 4.78 is 6.44. The zero-order valence-electron chi connectivity index (χ0n) is 35.2. The molecule has 1 heterocycles. The van der Waals surface area contributed by atoms with Crippen molar-refractivity contribution in [2.45, 2.75) is 0 Å². The summed E-state index contributed by atoms with van der Waals surface area (Å²) in [6, 6.07) is 81.6. The molecule has 15 aromatic rings. The normalized spacial score (nSPS) is 12.3. The van der Waals surface area contributed by atoms with Crippen molar-refractivity contribution in [3.63, 3.8) is 0 Å². The summed E-state index contributed by atoms with van der Waals surface area (Å²) in [5.74, 6) is 0. The highest BCUT2D eigenvalue weighted by molar-refractivity contribution is 6.29. The highest BCUT2D eigenvalue weighted by Crippen LogP contribution is 2.51. The molecular weight excluding hydrogens is 785 g/mol. The van der Waals surface area contributed by atoms with Gasteiger partial charge in [-0.1, -0.05) is 194 Å². The van der Waals surface area contributed by atoms with Gasteiger partial charge in [0.2, 0.25) is 0 Å². The van der Waals surface area contributed by atoms with Crippen LogP contribution in [0.25, 0.3) is 153 Å². The van der Waals surface area contributed by atoms with E-state index in [0.717, 1.165) is 27.5 Å². The summed E-state index contributed by atoms with van der Waals surface area (Å²) in [6.45, 7) is 0. The zero-order chi connectivity index (χ0) is 42.3. The predicted molar refractivity (Wildman–Crippen MR) is 278 cm³/mol. The minimum Gasteiger partial charge on any atom is -0.456 e. The highest BCUT2D eigenvalue weighted by Gasteiger charge is 2.24. The van der Waals surface area contributed by atoms with Gasteiger partial charge in [-0.05, 0) is 155 Å². The third kappa shape index (κ3) is 4.87. The Morgan fingerprint density at radius 3 is 1.40 bits per heavy atom. The number of rotatable bonds is 4. The van der Waals surface area contributed by atoms with E-state index >= 15 is 0 Å². The topological polar surface area (TPSA) is 13.1 Å². The molecule has 0 spiro atoms. The molecule has 0 aliphatic rings. The van der Waals surface area contributed by atoms with Gasteiger partial charge in [0.15, 0.2) is 0 Å². The summed E-state index contributed by atoms with van der Waals surface area (Å²) in [7, 11) is 0. The van der Waals surface area contributed by atoms with Crippen molar-refractivity contribution in [1.82, 2.24) is 0 Å². The molecule has 1 aromatic heterocycles. The van der Waals surface area contributed by atoms with Crippen molar-refractivity contribution >= 4 is 108 Å². The van der Waals surface area contributed by atoms with Gasteiger partial charge in [0.05, 0.1) is 0 Å². The Kier molecular flexibility index (Phi) is 7.01. The van der Waals surface area contributed by atoms with Crippen molar-refractivity contribution < 1.29 is 4.42 Å². The molecule has 0 N–H and O–H groups in total. The summed E-state index contributed by atoms with van der Waals surface area (Å²) in [5.41, 5.74) is 11.5. The van der Waals surface area contributed by atoms with E-state index in [4.69, 9.17) is 4.42 Å². The molecule has 0 aliphatic heterocycles. The van der Waals surface area contributed by atoms with Crippen LogP contribution in [-0.2, 0) is 0 Å². The molecule has 65 heavy (non-hydrogen) atoms. The Morgan fingerprint density at radius 1 is 0.215 bits per heavy atom. The van der Waals surface area contributed by atoms with Gasteiger partial charge in [-0.2, -0.15) is 0 Å². The van der Waals surface area contributed by atoms with Crippen molar-refractivity contribution in [2.24, 2.45) is 0 Å². The molecule has 14 aromatic carbocycles. The van der Waals surface area contributed by atoms with E-state index in [2.05, 4.69) is 218 Å². The van der Waals surface area contributed by atoms with Gasteiger partial charge in [-0.3, -0.25) is 0 Å². The molecule has 0 saturated heterocycles. The molecule has 0 aliphatic carbocycles. The van der Waals surface area contributed by atoms with Gasteiger partial charge in [-0.25, -0.2) is 0 Å². The first kappa shape index (κ1) is 35.0. The number of para-hydroxylation sites is 1. The molecule has 0 fully saturated rings. The van der Waals surface area contributed by atoms with Crippen LogP contribution in [0.5, 0.6) is 0 Å². The van der Waals surface area contributed by atoms with Crippen LogP contribution in [0.3, 0.4) is 0 Å². The van der Waals surface area contributed by atoms with E-state index in [-0.39, 0.29) is 0 Å². The number of fused-ring (bicyclic) bond motifs is 5. The van der Waals surface area contributed by atoms with Crippen LogP contribution in [0, 0.1) is 0 Å². The van der Waals surface area contributed by atoms with Crippen LogP contribution >= 0.6 is 0 Å². The quantitative estimate of drug-likeness (QED) is 0.161. The average molecular weight is 821 g/mol. The lowest BCUT2D eigenvalue weighted by Crippen LogP contribution is -1.96. The maximum atomic E-state index is 6.44. The lowest BCUT2D eigenvalue weighted by molar-refractivity contribution is 0.669. The molecule has 0 bridgehead atoms. The molecule has 0 atom stereocenters. The van der Waals surface area contributed by atoms with Crippen molar-refractivity contribution in [3.8, 4) is 44.5 Å². The van der Waals surface area contributed by atoms with Crippen LogP contribution in [0.15, 0.2) is 223 Å². The molecule has 0 unspecified atom stereocenters. The Balaban J connectivity index is 1.10. The first-order valence-electron chi connectivity index (χ1n) is 22.6. The summed E-state index contributed by atoms with van der Waals surface area (Å²) in [5, 5.41) is 22.6. The number of hydrogen-bond acceptors (Lipinski definition) is 1. The molecule has 1 heteroatoms. The third-order valence-corrected chi connectivity index (χ3v) is 14.5. The molecule has 0 saturated carbocycles. The number of hydrogen-bond donors (Lipinski definition) is 0. The van der Waals surface area contributed by atoms with Gasteiger partial charge >= 0.3 is 0 Å². The van der Waals surface area contributed by atoms with Crippen LogP contribution in [0.2, 0.25) is 0 Å². The summed E-state index contributed by atoms with van der Waals surface area (Å²) >= 11 is 0. The van der Waals surface area contributed by atoms with Crippen LogP contribution < -0.4 is 0 Å². The third-order valence-electron chi connectivity index (χ3n) is 14.5. The molecule has 0 radical (unpaired) electrons. The second kappa shape index (κ2) is 13.0. The second-order valence-corrected chi connectivity index (χ2v) is 17.8. The van der Waals surface area contributed by atoms with Gasteiger partial charge in [-0.15, -0.1) is 0 Å². The largest absolute Gasteiger partial charge is 0.456 e. The van der Waals surface area contributed by atoms with Gasteiger partial charge in [0.25, 0.3) is 0 Å². The van der Waals surface area contributed by atoms with E-state index in [0.29, 0.717) is 0 Å². The van der Waals surface area contributed by atoms with E-state index in [1.54, 1.807) is 0 Å². The minimum atomic E-state index is 0.893. The van der Waals surface area contributed by atoms with E-state index in [1.165, 1.54) is 125 Å². The smallest absolute Gasteiger partial charge is 0.135 e. The fourth-order valence-corrected chi connectivity index (χ4v) is 11.7. The second-order valence-electron chi connectivity index (χ2n) is 17.8. The number of furan rings is 1. The Bertz CT molecular complexity index is 4440. The van der Waals surface area contributed by atoms with Crippen LogP contribution in [0.4, 0.5) is 0 Å². The SMILES string of the molecule is c1ccc2c(-c3ccc4ccc5cccc6ccc3c4c56)c(-c3c(-c4ccc5oc6ccccc6c5c4)cc(-c4ccc5ccc6cccc7ccc4c5c67)c4ccccc34)ccc2c1. The monoisotopic (exact) mass is 820 g/mol. The standard InChI is InChI=1S/C64H36O/c1-2-14-45-37(9-1)23-33-53(63(45)52-32-27-43-22-20-39-11-8-13-41-26-31-51(52)62(43)60(39)41)64-49-17-4-3-15-46(49)55(36-54(64)44-28-34-58-56(35-44)48-16-5-6-18-57(48)65-58)47-29-24-42-21-19-38-10-7-12-40-25-30-50(47)61(42)59(38)40/h1-36H. The van der Waals surface area contributed by atoms with Crippen molar-refractivity contribution in [2.75, 3.05) is 0 Å². The highest BCUT2D eigenvalue weighted by atomic mass is 16.3. The number of benzene rings is 14. The lowest BCUT2D eigenvalue weighted by atomic mass is 9.80. The zero-order valence-corrected chi connectivity index (χ0v) is 35.2. The molecule has 15 rings (SSSR count). The van der Waals surface area contributed by atoms with Crippen molar-refractivity contribution in [1.29, 1.82) is 0 Å². The van der Waals surface area contributed by atoms with Gasteiger partial charge in [0, 0.05) is 10.8 Å². The molecule has 298 valence electrons. The van der Waals surface area contributed by atoms with E-state index < -0.39 is 0 Å². The van der Waals surface area contributed by atoms with Crippen LogP contribution in [-0.4, -0.2) is 0 Å². The lowest BCUT2D eigenvalue weighted by Gasteiger charge is -2.23. The first-order valence-corrected chi connectivity index (χ1v) is 22.6. The Labute approximate surface area is 373 Å². The van der Waals surface area contributed by atoms with Crippen molar-refractivity contribution in [3.05, 3.63) is 218 Å². The maximum absolute atomic E-state index is 6.44. The van der Waals surface area contributed by atoms with E-state index in [9.17, 15) is 0 Å². The minimum absolute atomic E-state index is 0.893. The molecular formula is C64H36O. The molecule has 0 amide bonds. The Hall–Kier alpha value is -8.52. The summed E-state index contributed by atoms with van der Waals surface area (Å²) in [4.78, 5) is 0. The predicted octanol–water partition coefficient (Wildman–Crippen LogP) is 18.4. The first-order chi connectivity index (χ1) is 32.2. The van der Waals surface area contributed by atoms with Gasteiger partial charge < -0.3 is 4.42 Å². The van der Waals surface area contributed by atoms with Crippen LogP contribution in [0.1, 0.15) is 0 Å². The van der Waals surface area contributed by atoms with Gasteiger partial charge in [0.1, 0.15) is 11.2 Å². The summed E-state index contributed by atoms with van der Waals surface area (Å²) in [6.07, 6.45) is 0. The fourth-order valence-electron chi connectivity index (χ4n) is 11.7. The molecule has 1 nitrogen and oxygen atoms in total. The fraction of sp³-hybridized carbons (Fsp3) is 0. The van der Waals surface area contributed by atoms with E-state index in [1.807, 2.05) is 0 Å².